The van der Waals surface area contributed by atoms with Crippen molar-refractivity contribution in [3.63, 3.8) is 0 Å². The van der Waals surface area contributed by atoms with E-state index in [4.69, 9.17) is 0 Å². The van der Waals surface area contributed by atoms with E-state index in [1.165, 1.54) is 7.11 Å². The molecule has 0 aromatic carbocycles. The first kappa shape index (κ1) is 12.7. The normalized spacial score (nSPS) is 10.4. The van der Waals surface area contributed by atoms with Crippen LogP contribution in [0.2, 0.25) is 0 Å². The van der Waals surface area contributed by atoms with E-state index in [1.807, 2.05) is 6.20 Å². The molecule has 0 amide bonds. The predicted octanol–water partition coefficient (Wildman–Crippen LogP) is 0.946. The molecule has 16 heavy (non-hydrogen) atoms. The molecule has 0 aliphatic carbocycles. The smallest absolute Gasteiger partial charge is 0.305 e. The van der Waals surface area contributed by atoms with Crippen molar-refractivity contribution in [1.82, 2.24) is 14.9 Å². The van der Waals surface area contributed by atoms with Crippen molar-refractivity contribution < 1.29 is 9.53 Å². The number of rotatable bonds is 7. The monoisotopic (exact) mass is 225 g/mol. The van der Waals surface area contributed by atoms with Gasteiger partial charge in [-0.25, -0.2) is 4.98 Å². The van der Waals surface area contributed by atoms with Crippen molar-refractivity contribution >= 4 is 5.97 Å². The summed E-state index contributed by atoms with van der Waals surface area (Å²) in [4.78, 5) is 15.1. The molecular formula is C11H19N3O2. The Kier molecular flexibility index (Phi) is 5.56. The van der Waals surface area contributed by atoms with Crippen molar-refractivity contribution in [2.75, 3.05) is 13.7 Å². The fourth-order valence-electron chi connectivity index (χ4n) is 1.46. The topological polar surface area (TPSA) is 56.2 Å². The summed E-state index contributed by atoms with van der Waals surface area (Å²) in [6.45, 7) is 4.55. The number of carbonyl (C=O) groups excluding carboxylic acids is 1. The maximum absolute atomic E-state index is 10.8. The molecule has 0 fully saturated rings. The summed E-state index contributed by atoms with van der Waals surface area (Å²) in [5, 5.41) is 3.25. The number of aromatic nitrogens is 2. The van der Waals surface area contributed by atoms with Gasteiger partial charge in [-0.3, -0.25) is 4.79 Å². The molecule has 5 heteroatoms. The van der Waals surface area contributed by atoms with E-state index < -0.39 is 0 Å². The Bertz CT molecular complexity index is 323. The van der Waals surface area contributed by atoms with Gasteiger partial charge >= 0.3 is 5.97 Å². The summed E-state index contributed by atoms with van der Waals surface area (Å²) in [7, 11) is 1.41. The minimum atomic E-state index is -0.156. The van der Waals surface area contributed by atoms with E-state index in [-0.39, 0.29) is 5.97 Å². The van der Waals surface area contributed by atoms with Gasteiger partial charge in [-0.1, -0.05) is 0 Å². The number of imidazole rings is 1. The molecule has 0 unspecified atom stereocenters. The van der Waals surface area contributed by atoms with Crippen molar-refractivity contribution in [2.24, 2.45) is 0 Å². The van der Waals surface area contributed by atoms with Crippen LogP contribution < -0.4 is 5.32 Å². The number of methoxy groups -OCH3 is 1. The van der Waals surface area contributed by atoms with Gasteiger partial charge in [-0.2, -0.15) is 0 Å². The van der Waals surface area contributed by atoms with Crippen molar-refractivity contribution in [3.8, 4) is 0 Å². The van der Waals surface area contributed by atoms with Gasteiger partial charge < -0.3 is 14.6 Å². The number of esters is 1. The highest BCUT2D eigenvalue weighted by Crippen LogP contribution is 1.97. The quantitative estimate of drug-likeness (QED) is 0.554. The Morgan fingerprint density at radius 1 is 1.62 bits per heavy atom. The Labute approximate surface area is 95.8 Å². The van der Waals surface area contributed by atoms with Crippen molar-refractivity contribution in [1.29, 1.82) is 0 Å². The molecule has 1 heterocycles. The minimum absolute atomic E-state index is 0.156. The Hall–Kier alpha value is -1.36. The minimum Gasteiger partial charge on any atom is -0.469 e. The highest BCUT2D eigenvalue weighted by Gasteiger charge is 2.01. The third kappa shape index (κ3) is 4.02. The Morgan fingerprint density at radius 2 is 2.44 bits per heavy atom. The molecule has 0 saturated heterocycles. The van der Waals surface area contributed by atoms with Crippen LogP contribution in [0.25, 0.3) is 0 Å². The fraction of sp³-hybridized carbons (Fsp3) is 0.636. The molecular weight excluding hydrogens is 206 g/mol. The highest BCUT2D eigenvalue weighted by atomic mass is 16.5. The second kappa shape index (κ2) is 7.00. The van der Waals surface area contributed by atoms with E-state index >= 15 is 0 Å². The van der Waals surface area contributed by atoms with Gasteiger partial charge in [0.05, 0.1) is 13.7 Å². The average molecular weight is 225 g/mol. The summed E-state index contributed by atoms with van der Waals surface area (Å²) >= 11 is 0. The molecule has 1 N–H and O–H groups in total. The molecule has 90 valence electrons. The number of hydrogen-bond donors (Lipinski definition) is 1. The zero-order valence-corrected chi connectivity index (χ0v) is 9.90. The maximum Gasteiger partial charge on any atom is 0.305 e. The second-order valence-electron chi connectivity index (χ2n) is 3.49. The van der Waals surface area contributed by atoms with Gasteiger partial charge in [0.1, 0.15) is 5.82 Å². The fourth-order valence-corrected chi connectivity index (χ4v) is 1.46. The lowest BCUT2D eigenvalue weighted by atomic mass is 10.3. The molecule has 0 radical (unpaired) electrons. The molecule has 1 aromatic rings. The van der Waals surface area contributed by atoms with Crippen LogP contribution in [0.15, 0.2) is 12.4 Å². The predicted molar refractivity (Wildman–Crippen MR) is 60.9 cm³/mol. The molecule has 5 nitrogen and oxygen atoms in total. The lowest BCUT2D eigenvalue weighted by molar-refractivity contribution is -0.140. The first-order chi connectivity index (χ1) is 7.77. The molecule has 0 aliphatic rings. The van der Waals surface area contributed by atoms with Crippen molar-refractivity contribution in [2.45, 2.75) is 32.9 Å². The number of carbonyl (C=O) groups is 1. The summed E-state index contributed by atoms with van der Waals surface area (Å²) in [6.07, 6.45) is 5.02. The Morgan fingerprint density at radius 3 is 3.12 bits per heavy atom. The van der Waals surface area contributed by atoms with E-state index in [2.05, 4.69) is 26.5 Å². The first-order valence-electron chi connectivity index (χ1n) is 5.55. The van der Waals surface area contributed by atoms with Crippen LogP contribution >= 0.6 is 0 Å². The van der Waals surface area contributed by atoms with Gasteiger partial charge in [-0.15, -0.1) is 0 Å². The highest BCUT2D eigenvalue weighted by molar-refractivity contribution is 5.69. The van der Waals surface area contributed by atoms with Crippen LogP contribution in [-0.4, -0.2) is 29.2 Å². The van der Waals surface area contributed by atoms with Gasteiger partial charge in [0.2, 0.25) is 0 Å². The zero-order valence-electron chi connectivity index (χ0n) is 9.90. The number of aryl methyl sites for hydroxylation is 1. The zero-order chi connectivity index (χ0) is 11.8. The lowest BCUT2D eigenvalue weighted by Gasteiger charge is -2.06. The van der Waals surface area contributed by atoms with Crippen LogP contribution in [0.5, 0.6) is 0 Å². The first-order valence-corrected chi connectivity index (χ1v) is 5.55. The van der Waals surface area contributed by atoms with Gasteiger partial charge in [0, 0.05) is 25.4 Å². The molecule has 0 spiro atoms. The van der Waals surface area contributed by atoms with Gasteiger partial charge in [0.15, 0.2) is 0 Å². The van der Waals surface area contributed by atoms with Crippen LogP contribution in [0.4, 0.5) is 0 Å². The molecule has 0 saturated carbocycles. The molecule has 0 bridgehead atoms. The summed E-state index contributed by atoms with van der Waals surface area (Å²) < 4.78 is 6.65. The molecule has 0 aliphatic heterocycles. The standard InChI is InChI=1S/C11H19N3O2/c1-3-14-8-7-13-10(14)9-12-6-4-5-11(15)16-2/h7-8,12H,3-6,9H2,1-2H3. The van der Waals surface area contributed by atoms with Crippen LogP contribution in [0, 0.1) is 0 Å². The van der Waals surface area contributed by atoms with Crippen molar-refractivity contribution in [3.05, 3.63) is 18.2 Å². The number of hydrogen-bond acceptors (Lipinski definition) is 4. The molecule has 0 atom stereocenters. The SMILES string of the molecule is CCn1ccnc1CNCCCC(=O)OC. The average Bonchev–Trinajstić information content (AvgIpc) is 2.75. The number of nitrogens with zero attached hydrogens (tertiary/aromatic N) is 2. The summed E-state index contributed by atoms with van der Waals surface area (Å²) in [6, 6.07) is 0. The van der Waals surface area contributed by atoms with Gasteiger partial charge in [0.25, 0.3) is 0 Å². The van der Waals surface area contributed by atoms with Gasteiger partial charge in [-0.05, 0) is 19.9 Å². The van der Waals surface area contributed by atoms with Crippen LogP contribution in [0.1, 0.15) is 25.6 Å². The summed E-state index contributed by atoms with van der Waals surface area (Å²) in [5.41, 5.74) is 0. The third-order valence-corrected chi connectivity index (χ3v) is 2.39. The van der Waals surface area contributed by atoms with Crippen LogP contribution in [-0.2, 0) is 22.6 Å². The third-order valence-electron chi connectivity index (χ3n) is 2.39. The van der Waals surface area contributed by atoms with E-state index in [0.717, 1.165) is 31.9 Å². The largest absolute Gasteiger partial charge is 0.469 e. The lowest BCUT2D eigenvalue weighted by Crippen LogP contribution is -2.18. The molecule has 1 aromatic heterocycles. The van der Waals surface area contributed by atoms with E-state index in [9.17, 15) is 4.79 Å². The van der Waals surface area contributed by atoms with E-state index in [0.29, 0.717) is 6.42 Å². The van der Waals surface area contributed by atoms with E-state index in [1.54, 1.807) is 6.20 Å². The second-order valence-corrected chi connectivity index (χ2v) is 3.49. The number of nitrogens with one attached hydrogen (secondary N) is 1. The Balaban J connectivity index is 2.14. The summed E-state index contributed by atoms with van der Waals surface area (Å²) in [5.74, 6) is 0.873. The number of ether oxygens (including phenoxy) is 1. The van der Waals surface area contributed by atoms with Crippen LogP contribution in [0.3, 0.4) is 0 Å². The molecule has 1 rings (SSSR count). The maximum atomic E-state index is 10.8.